The van der Waals surface area contributed by atoms with E-state index < -0.39 is 4.92 Å². The molecule has 0 atom stereocenters. The van der Waals surface area contributed by atoms with E-state index in [9.17, 15) is 10.1 Å². The lowest BCUT2D eigenvalue weighted by Gasteiger charge is -2.01. The summed E-state index contributed by atoms with van der Waals surface area (Å²) in [7, 11) is 5.25. The SMILES string of the molecule is [B]c1cc(O)c(N)c([N+](=O)[O-])c1. The Hall–Kier alpha value is -1.72. The molecular formula is C6H5BN2O3. The van der Waals surface area contributed by atoms with Crippen molar-refractivity contribution >= 4 is 24.7 Å². The summed E-state index contributed by atoms with van der Waals surface area (Å²) in [6.07, 6.45) is 0. The van der Waals surface area contributed by atoms with Crippen LogP contribution in [0.4, 0.5) is 11.4 Å². The molecule has 3 N–H and O–H groups in total. The second-order valence-corrected chi connectivity index (χ2v) is 2.23. The molecule has 0 aliphatic carbocycles. The van der Waals surface area contributed by atoms with Crippen LogP contribution in [0.2, 0.25) is 0 Å². The van der Waals surface area contributed by atoms with Gasteiger partial charge in [-0.2, -0.15) is 0 Å². The molecule has 6 heteroatoms. The fraction of sp³-hybridized carbons (Fsp3) is 0. The van der Waals surface area contributed by atoms with Crippen molar-refractivity contribution in [1.29, 1.82) is 0 Å². The molecule has 0 aromatic heterocycles. The molecule has 0 fully saturated rings. The minimum atomic E-state index is -0.703. The van der Waals surface area contributed by atoms with Crippen LogP contribution in [0.25, 0.3) is 0 Å². The van der Waals surface area contributed by atoms with Gasteiger partial charge in [0.25, 0.3) is 5.69 Å². The molecule has 0 aliphatic rings. The van der Waals surface area contributed by atoms with Crippen molar-refractivity contribution in [3.8, 4) is 5.75 Å². The van der Waals surface area contributed by atoms with Crippen molar-refractivity contribution < 1.29 is 10.0 Å². The number of rotatable bonds is 1. The zero-order valence-corrected chi connectivity index (χ0v) is 6.02. The van der Waals surface area contributed by atoms with Gasteiger partial charge in [0.1, 0.15) is 13.6 Å². The van der Waals surface area contributed by atoms with E-state index in [1.807, 2.05) is 0 Å². The van der Waals surface area contributed by atoms with Crippen molar-refractivity contribution in [2.75, 3.05) is 5.73 Å². The number of nitro groups is 1. The van der Waals surface area contributed by atoms with E-state index in [0.29, 0.717) is 0 Å². The van der Waals surface area contributed by atoms with Crippen molar-refractivity contribution in [2.45, 2.75) is 0 Å². The molecule has 2 radical (unpaired) electrons. The van der Waals surface area contributed by atoms with E-state index in [-0.39, 0.29) is 22.6 Å². The third-order valence-corrected chi connectivity index (χ3v) is 1.36. The van der Waals surface area contributed by atoms with Gasteiger partial charge in [-0.15, -0.1) is 0 Å². The van der Waals surface area contributed by atoms with E-state index in [1.54, 1.807) is 0 Å². The number of nitrogens with zero attached hydrogens (tertiary/aromatic N) is 1. The molecule has 0 saturated carbocycles. The molecule has 0 amide bonds. The van der Waals surface area contributed by atoms with Crippen LogP contribution in [0.5, 0.6) is 5.75 Å². The van der Waals surface area contributed by atoms with Crippen molar-refractivity contribution in [2.24, 2.45) is 0 Å². The summed E-state index contributed by atoms with van der Waals surface area (Å²) in [5.74, 6) is -0.373. The minimum Gasteiger partial charge on any atom is -0.506 e. The molecule has 0 unspecified atom stereocenters. The van der Waals surface area contributed by atoms with Gasteiger partial charge in [-0.1, -0.05) is 5.46 Å². The summed E-state index contributed by atoms with van der Waals surface area (Å²) < 4.78 is 0. The standard InChI is InChI=1S/C6H5BN2O3/c7-3-1-4(9(11)12)6(8)5(10)2-3/h1-2,10H,8H2. The van der Waals surface area contributed by atoms with Crippen LogP contribution in [0.15, 0.2) is 12.1 Å². The highest BCUT2D eigenvalue weighted by atomic mass is 16.6. The summed E-state index contributed by atoms with van der Waals surface area (Å²) in [6, 6.07) is 2.25. The van der Waals surface area contributed by atoms with Gasteiger partial charge in [0.05, 0.1) is 4.92 Å². The summed E-state index contributed by atoms with van der Waals surface area (Å²) >= 11 is 0. The normalized spacial score (nSPS) is 9.67. The van der Waals surface area contributed by atoms with Crippen LogP contribution in [0.3, 0.4) is 0 Å². The first-order valence-corrected chi connectivity index (χ1v) is 3.04. The Morgan fingerprint density at radius 3 is 2.67 bits per heavy atom. The number of phenolic OH excluding ortho intramolecular Hbond substituents is 1. The number of anilines is 1. The molecule has 0 heterocycles. The summed E-state index contributed by atoms with van der Waals surface area (Å²) in [5, 5.41) is 19.3. The van der Waals surface area contributed by atoms with Gasteiger partial charge in [-0.3, -0.25) is 10.1 Å². The average Bonchev–Trinajstić information content (AvgIpc) is 1.96. The minimum absolute atomic E-state index is 0.105. The third kappa shape index (κ3) is 1.32. The molecule has 60 valence electrons. The maximum Gasteiger partial charge on any atom is 0.295 e. The highest BCUT2D eigenvalue weighted by Gasteiger charge is 2.14. The summed E-state index contributed by atoms with van der Waals surface area (Å²) in [4.78, 5) is 9.58. The van der Waals surface area contributed by atoms with Crippen LogP contribution >= 0.6 is 0 Å². The van der Waals surface area contributed by atoms with Crippen LogP contribution in [-0.2, 0) is 0 Å². The molecule has 1 aromatic carbocycles. The fourth-order valence-electron chi connectivity index (χ4n) is 0.795. The maximum atomic E-state index is 10.3. The predicted molar refractivity (Wildman–Crippen MR) is 44.6 cm³/mol. The van der Waals surface area contributed by atoms with Gasteiger partial charge in [-0.25, -0.2) is 0 Å². The number of nitrogens with two attached hydrogens (primary N) is 1. The van der Waals surface area contributed by atoms with Gasteiger partial charge < -0.3 is 10.8 Å². The van der Waals surface area contributed by atoms with Gasteiger partial charge in [-0.05, 0) is 6.07 Å². The maximum absolute atomic E-state index is 10.3. The van der Waals surface area contributed by atoms with Crippen LogP contribution in [-0.4, -0.2) is 17.9 Å². The molecular weight excluding hydrogens is 159 g/mol. The highest BCUT2D eigenvalue weighted by Crippen LogP contribution is 2.27. The zero-order valence-electron chi connectivity index (χ0n) is 6.02. The first-order chi connectivity index (χ1) is 5.52. The molecule has 0 aliphatic heterocycles. The molecule has 12 heavy (non-hydrogen) atoms. The smallest absolute Gasteiger partial charge is 0.295 e. The highest BCUT2D eigenvalue weighted by molar-refractivity contribution is 6.33. The Kier molecular flexibility index (Phi) is 1.91. The fourth-order valence-corrected chi connectivity index (χ4v) is 0.795. The van der Waals surface area contributed by atoms with E-state index in [0.717, 1.165) is 12.1 Å². The first-order valence-electron chi connectivity index (χ1n) is 3.04. The second kappa shape index (κ2) is 2.73. The predicted octanol–water partition coefficient (Wildman–Crippen LogP) is -0.324. The monoisotopic (exact) mass is 164 g/mol. The summed E-state index contributed by atoms with van der Waals surface area (Å²) in [6.45, 7) is 0. The van der Waals surface area contributed by atoms with Crippen LogP contribution in [0, 0.1) is 10.1 Å². The van der Waals surface area contributed by atoms with Gasteiger partial charge in [0, 0.05) is 6.07 Å². The lowest BCUT2D eigenvalue weighted by Crippen LogP contribution is -2.06. The molecule has 0 saturated heterocycles. The number of phenols is 1. The van der Waals surface area contributed by atoms with E-state index in [1.165, 1.54) is 0 Å². The van der Waals surface area contributed by atoms with Gasteiger partial charge >= 0.3 is 0 Å². The Labute approximate surface area is 69.4 Å². The second-order valence-electron chi connectivity index (χ2n) is 2.23. The topological polar surface area (TPSA) is 89.4 Å². The zero-order chi connectivity index (χ0) is 9.30. The number of hydrogen-bond donors (Lipinski definition) is 2. The number of nitro benzene ring substituents is 1. The Morgan fingerprint density at radius 2 is 2.17 bits per heavy atom. The number of hydrogen-bond acceptors (Lipinski definition) is 4. The first kappa shape index (κ1) is 8.38. The van der Waals surface area contributed by atoms with E-state index >= 15 is 0 Å². The Balaban J connectivity index is 3.37. The van der Waals surface area contributed by atoms with Crippen molar-refractivity contribution in [3.05, 3.63) is 22.2 Å². The van der Waals surface area contributed by atoms with E-state index in [4.69, 9.17) is 18.7 Å². The van der Waals surface area contributed by atoms with Crippen LogP contribution < -0.4 is 11.2 Å². The molecule has 5 nitrogen and oxygen atoms in total. The van der Waals surface area contributed by atoms with Gasteiger partial charge in [0.2, 0.25) is 0 Å². The Morgan fingerprint density at radius 1 is 1.58 bits per heavy atom. The average molecular weight is 164 g/mol. The number of benzene rings is 1. The molecule has 1 aromatic rings. The molecule has 0 bridgehead atoms. The lowest BCUT2D eigenvalue weighted by atomic mass is 9.95. The van der Waals surface area contributed by atoms with Crippen molar-refractivity contribution in [1.82, 2.24) is 0 Å². The Bertz CT molecular complexity index is 340. The van der Waals surface area contributed by atoms with Crippen molar-refractivity contribution in [3.63, 3.8) is 0 Å². The lowest BCUT2D eigenvalue weighted by molar-refractivity contribution is -0.383. The molecule has 0 spiro atoms. The molecule has 1 rings (SSSR count). The van der Waals surface area contributed by atoms with E-state index in [2.05, 4.69) is 0 Å². The number of aromatic hydroxyl groups is 1. The number of nitrogen functional groups attached to an aromatic ring is 1. The van der Waals surface area contributed by atoms with Gasteiger partial charge in [0.15, 0.2) is 5.69 Å². The largest absolute Gasteiger partial charge is 0.506 e. The van der Waals surface area contributed by atoms with Crippen LogP contribution in [0.1, 0.15) is 0 Å². The summed E-state index contributed by atoms with van der Waals surface area (Å²) in [5.41, 5.74) is 4.66. The quantitative estimate of drug-likeness (QED) is 0.195. The third-order valence-electron chi connectivity index (χ3n) is 1.36.